The Morgan fingerprint density at radius 1 is 1.19 bits per heavy atom. The summed E-state index contributed by atoms with van der Waals surface area (Å²) in [6, 6.07) is 8.54. The van der Waals surface area contributed by atoms with E-state index in [2.05, 4.69) is 0 Å². The molecule has 1 aromatic rings. The van der Waals surface area contributed by atoms with Crippen LogP contribution in [-0.4, -0.2) is 34.0 Å². The average Bonchev–Trinajstić information content (AvgIpc) is 2.93. The highest BCUT2D eigenvalue weighted by molar-refractivity contribution is 5.82. The number of ketones is 1. The number of rotatable bonds is 7. The molecule has 1 aromatic carbocycles. The third-order valence-electron chi connectivity index (χ3n) is 4.37. The molecule has 0 heterocycles. The second-order valence-corrected chi connectivity index (χ2v) is 6.50. The number of allylic oxidation sites excluding steroid dienone is 2. The third kappa shape index (κ3) is 8.07. The highest BCUT2D eigenvalue weighted by Crippen LogP contribution is 2.34. The number of carbonyl (C=O) groups is 3. The molecule has 2 rings (SSSR count). The quantitative estimate of drug-likeness (QED) is 0.643. The molecule has 1 fully saturated rings. The summed E-state index contributed by atoms with van der Waals surface area (Å²) in [5.74, 6) is -1.24. The van der Waals surface area contributed by atoms with Gasteiger partial charge < -0.3 is 15.9 Å². The van der Waals surface area contributed by atoms with E-state index in [1.807, 2.05) is 49.4 Å². The maximum Gasteiger partial charge on any atom is 0.320 e. The van der Waals surface area contributed by atoms with Gasteiger partial charge in [-0.1, -0.05) is 42.5 Å². The number of carboxylic acid groups (broad SMARTS) is 2. The molecule has 0 bridgehead atoms. The van der Waals surface area contributed by atoms with Crippen LogP contribution in [0.3, 0.4) is 0 Å². The van der Waals surface area contributed by atoms with Gasteiger partial charge in [0, 0.05) is 19.3 Å². The van der Waals surface area contributed by atoms with Crippen LogP contribution in [-0.2, 0) is 20.8 Å². The Kier molecular flexibility index (Phi) is 9.30. The maximum absolute atomic E-state index is 11.2. The van der Waals surface area contributed by atoms with Crippen molar-refractivity contribution >= 4 is 17.7 Å². The van der Waals surface area contributed by atoms with Crippen molar-refractivity contribution < 1.29 is 24.6 Å². The Labute approximate surface area is 153 Å². The van der Waals surface area contributed by atoms with Crippen LogP contribution >= 0.6 is 0 Å². The summed E-state index contributed by atoms with van der Waals surface area (Å²) >= 11 is 0. The van der Waals surface area contributed by atoms with Gasteiger partial charge >= 0.3 is 11.9 Å². The third-order valence-corrected chi connectivity index (χ3v) is 4.37. The maximum atomic E-state index is 11.2. The summed E-state index contributed by atoms with van der Waals surface area (Å²) in [7, 11) is 0. The summed E-state index contributed by atoms with van der Waals surface area (Å²) in [5, 5.41) is 17.2. The zero-order valence-corrected chi connectivity index (χ0v) is 15.0. The molecular weight excluding hydrogens is 334 g/mol. The molecule has 26 heavy (non-hydrogen) atoms. The molecule has 3 atom stereocenters. The number of carbonyl (C=O) groups excluding carboxylic acids is 1. The van der Waals surface area contributed by atoms with Crippen molar-refractivity contribution in [2.24, 2.45) is 17.6 Å². The first kappa shape index (κ1) is 21.6. The van der Waals surface area contributed by atoms with E-state index >= 15 is 0 Å². The lowest BCUT2D eigenvalue weighted by Crippen LogP contribution is -2.32. The standard InChI is InChI=1S/C11H16O3.C9H11NO2/c1-2-3-4-8-5-10(12)6-9(8)7-11(13)14;10-8(9(11)12)6-7-4-2-1-3-5-7/h2-3,8-9H,4-7H2,1H3,(H,13,14);1-5,8H,6,10H2,(H,11,12)/b3-2-;/t;8-/m.0/s1. The van der Waals surface area contributed by atoms with Gasteiger partial charge in [0.15, 0.2) is 0 Å². The Bertz CT molecular complexity index is 626. The number of hydrogen-bond donors (Lipinski definition) is 3. The number of carboxylic acids is 2. The van der Waals surface area contributed by atoms with Crippen molar-refractivity contribution in [3.8, 4) is 0 Å². The van der Waals surface area contributed by atoms with Crippen molar-refractivity contribution in [3.63, 3.8) is 0 Å². The summed E-state index contributed by atoms with van der Waals surface area (Å²) < 4.78 is 0. The van der Waals surface area contributed by atoms with Crippen LogP contribution in [0.25, 0.3) is 0 Å². The molecule has 4 N–H and O–H groups in total. The van der Waals surface area contributed by atoms with Crippen LogP contribution in [0, 0.1) is 11.8 Å². The molecule has 6 nitrogen and oxygen atoms in total. The van der Waals surface area contributed by atoms with Crippen LogP contribution in [0.2, 0.25) is 0 Å². The number of nitrogens with two attached hydrogens (primary N) is 1. The minimum absolute atomic E-state index is 0.0520. The van der Waals surface area contributed by atoms with E-state index in [0.29, 0.717) is 19.3 Å². The van der Waals surface area contributed by atoms with Gasteiger partial charge in [0.25, 0.3) is 0 Å². The summed E-state index contributed by atoms with van der Waals surface area (Å²) in [6.45, 7) is 1.93. The minimum Gasteiger partial charge on any atom is -0.481 e. The van der Waals surface area contributed by atoms with E-state index in [4.69, 9.17) is 15.9 Å². The fraction of sp³-hybridized carbons (Fsp3) is 0.450. The fourth-order valence-electron chi connectivity index (χ4n) is 3.01. The van der Waals surface area contributed by atoms with Gasteiger partial charge in [-0.2, -0.15) is 0 Å². The van der Waals surface area contributed by atoms with Gasteiger partial charge in [-0.15, -0.1) is 0 Å². The van der Waals surface area contributed by atoms with Crippen LogP contribution in [0.15, 0.2) is 42.5 Å². The number of benzene rings is 1. The fourth-order valence-corrected chi connectivity index (χ4v) is 3.01. The number of hydrogen-bond acceptors (Lipinski definition) is 4. The van der Waals surface area contributed by atoms with Crippen molar-refractivity contribution in [1.82, 2.24) is 0 Å². The molecule has 0 aliphatic heterocycles. The lowest BCUT2D eigenvalue weighted by Gasteiger charge is -2.14. The molecule has 0 radical (unpaired) electrons. The molecule has 0 amide bonds. The Balaban J connectivity index is 0.000000263. The van der Waals surface area contributed by atoms with Crippen LogP contribution < -0.4 is 5.73 Å². The Hall–Kier alpha value is -2.47. The highest BCUT2D eigenvalue weighted by Gasteiger charge is 2.33. The predicted molar refractivity (Wildman–Crippen MR) is 98.7 cm³/mol. The van der Waals surface area contributed by atoms with Gasteiger partial charge in [-0.25, -0.2) is 0 Å². The smallest absolute Gasteiger partial charge is 0.320 e. The van der Waals surface area contributed by atoms with Crippen molar-refractivity contribution in [1.29, 1.82) is 0 Å². The molecule has 142 valence electrons. The second kappa shape index (κ2) is 11.2. The van der Waals surface area contributed by atoms with E-state index < -0.39 is 18.0 Å². The van der Waals surface area contributed by atoms with Crippen molar-refractivity contribution in [2.75, 3.05) is 0 Å². The van der Waals surface area contributed by atoms with E-state index in [0.717, 1.165) is 12.0 Å². The first-order valence-electron chi connectivity index (χ1n) is 8.70. The molecule has 1 aliphatic rings. The molecule has 2 unspecified atom stereocenters. The molecule has 0 saturated heterocycles. The number of aliphatic carboxylic acids is 2. The van der Waals surface area contributed by atoms with Gasteiger partial charge in [0.05, 0.1) is 0 Å². The topological polar surface area (TPSA) is 118 Å². The van der Waals surface area contributed by atoms with E-state index in [1.54, 1.807) is 0 Å². The highest BCUT2D eigenvalue weighted by atomic mass is 16.4. The van der Waals surface area contributed by atoms with Crippen LogP contribution in [0.5, 0.6) is 0 Å². The molecule has 1 aliphatic carbocycles. The zero-order valence-electron chi connectivity index (χ0n) is 15.0. The SMILES string of the molecule is C/C=C\CC1CC(=O)CC1CC(=O)O.N[C@@H](Cc1ccccc1)C(=O)O. The summed E-state index contributed by atoms with van der Waals surface area (Å²) in [4.78, 5) is 32.1. The van der Waals surface area contributed by atoms with E-state index in [9.17, 15) is 14.4 Å². The van der Waals surface area contributed by atoms with E-state index in [1.165, 1.54) is 0 Å². The first-order chi connectivity index (χ1) is 12.3. The normalized spacial score (nSPS) is 20.5. The molecular formula is C20H27NO5. The summed E-state index contributed by atoms with van der Waals surface area (Å²) in [5.41, 5.74) is 6.30. The molecule has 6 heteroatoms. The van der Waals surface area contributed by atoms with Crippen molar-refractivity contribution in [2.45, 2.75) is 45.1 Å². The monoisotopic (exact) mass is 361 g/mol. The van der Waals surface area contributed by atoms with Gasteiger partial charge in [-0.05, 0) is 37.2 Å². The molecule has 0 aromatic heterocycles. The molecule has 0 spiro atoms. The van der Waals surface area contributed by atoms with Crippen LogP contribution in [0.4, 0.5) is 0 Å². The number of Topliss-reactive ketones (excluding diaryl/α,β-unsaturated/α-hetero) is 1. The van der Waals surface area contributed by atoms with Gasteiger partial charge in [0.1, 0.15) is 11.8 Å². The largest absolute Gasteiger partial charge is 0.481 e. The Morgan fingerprint density at radius 3 is 2.35 bits per heavy atom. The van der Waals surface area contributed by atoms with Gasteiger partial charge in [0.2, 0.25) is 0 Å². The first-order valence-corrected chi connectivity index (χ1v) is 8.70. The van der Waals surface area contributed by atoms with Crippen molar-refractivity contribution in [3.05, 3.63) is 48.0 Å². The predicted octanol–water partition coefficient (Wildman–Crippen LogP) is 2.66. The molecule has 1 saturated carbocycles. The lowest BCUT2D eigenvalue weighted by molar-refractivity contribution is -0.139. The van der Waals surface area contributed by atoms with E-state index in [-0.39, 0.29) is 24.0 Å². The Morgan fingerprint density at radius 2 is 1.81 bits per heavy atom. The average molecular weight is 361 g/mol. The summed E-state index contributed by atoms with van der Waals surface area (Å²) in [6.07, 6.45) is 6.32. The lowest BCUT2D eigenvalue weighted by atomic mass is 9.90. The second-order valence-electron chi connectivity index (χ2n) is 6.50. The van der Waals surface area contributed by atoms with Gasteiger partial charge in [-0.3, -0.25) is 14.4 Å². The van der Waals surface area contributed by atoms with Crippen LogP contribution in [0.1, 0.15) is 38.2 Å². The minimum atomic E-state index is -0.959. The zero-order chi connectivity index (χ0) is 19.5.